The number of carbonyl (C=O) groups is 1. The molecule has 3 N–H and O–H groups in total. The minimum absolute atomic E-state index is 0.173. The van der Waals surface area contributed by atoms with Crippen LogP contribution in [-0.2, 0) is 6.54 Å². The van der Waals surface area contributed by atoms with Crippen molar-refractivity contribution >= 4 is 27.5 Å². The summed E-state index contributed by atoms with van der Waals surface area (Å²) in [5.41, 5.74) is 7.39. The first-order valence-electron chi connectivity index (χ1n) is 5.36. The molecular formula is C12H13BrN4O. The lowest BCUT2D eigenvalue weighted by Gasteiger charge is -2.16. The van der Waals surface area contributed by atoms with Gasteiger partial charge in [0.25, 0.3) is 5.91 Å². The molecule has 5 nitrogen and oxygen atoms in total. The van der Waals surface area contributed by atoms with Gasteiger partial charge in [0.2, 0.25) is 0 Å². The van der Waals surface area contributed by atoms with Crippen molar-refractivity contribution in [3.63, 3.8) is 0 Å². The average molecular weight is 309 g/mol. The molecular weight excluding hydrogens is 296 g/mol. The molecule has 2 aromatic rings. The van der Waals surface area contributed by atoms with Crippen molar-refractivity contribution in [2.75, 3.05) is 12.8 Å². The molecule has 1 aromatic heterocycles. The Balaban J connectivity index is 2.08. The van der Waals surface area contributed by atoms with Crippen LogP contribution in [0, 0.1) is 0 Å². The highest BCUT2D eigenvalue weighted by Gasteiger charge is 2.16. The van der Waals surface area contributed by atoms with Gasteiger partial charge in [-0.2, -0.15) is 5.10 Å². The molecule has 2 rings (SSSR count). The van der Waals surface area contributed by atoms with Crippen LogP contribution in [0.3, 0.4) is 0 Å². The van der Waals surface area contributed by atoms with Gasteiger partial charge in [-0.3, -0.25) is 9.89 Å². The van der Waals surface area contributed by atoms with Crippen LogP contribution in [0.1, 0.15) is 16.1 Å². The number of anilines is 1. The Morgan fingerprint density at radius 1 is 1.44 bits per heavy atom. The number of halogens is 1. The van der Waals surface area contributed by atoms with Crippen LogP contribution in [0.4, 0.5) is 5.69 Å². The van der Waals surface area contributed by atoms with Crippen LogP contribution < -0.4 is 5.73 Å². The minimum Gasteiger partial charge on any atom is -0.396 e. The first-order chi connectivity index (χ1) is 8.58. The van der Waals surface area contributed by atoms with Crippen molar-refractivity contribution in [2.45, 2.75) is 6.54 Å². The number of H-pyrrole nitrogens is 1. The van der Waals surface area contributed by atoms with E-state index in [0.717, 1.165) is 10.0 Å². The standard InChI is InChI=1S/C12H13BrN4O/c1-17(7-8-2-4-9(13)5-3-8)12(18)11-10(14)6-15-16-11/h2-6H,7,14H2,1H3,(H,15,16). The monoisotopic (exact) mass is 308 g/mol. The normalized spacial score (nSPS) is 10.3. The zero-order valence-corrected chi connectivity index (χ0v) is 11.4. The van der Waals surface area contributed by atoms with E-state index < -0.39 is 0 Å². The third-order valence-electron chi connectivity index (χ3n) is 2.56. The van der Waals surface area contributed by atoms with Crippen molar-refractivity contribution in [3.8, 4) is 0 Å². The van der Waals surface area contributed by atoms with Crippen molar-refractivity contribution in [1.82, 2.24) is 15.1 Å². The quantitative estimate of drug-likeness (QED) is 0.911. The molecule has 18 heavy (non-hydrogen) atoms. The smallest absolute Gasteiger partial charge is 0.274 e. The van der Waals surface area contributed by atoms with Crippen LogP contribution in [0.25, 0.3) is 0 Å². The zero-order valence-electron chi connectivity index (χ0n) is 9.85. The SMILES string of the molecule is CN(Cc1ccc(Br)cc1)C(=O)c1[nH]ncc1N. The Morgan fingerprint density at radius 3 is 2.67 bits per heavy atom. The van der Waals surface area contributed by atoms with Gasteiger partial charge in [0, 0.05) is 18.1 Å². The third-order valence-corrected chi connectivity index (χ3v) is 3.09. The second-order valence-corrected chi connectivity index (χ2v) is 4.90. The topological polar surface area (TPSA) is 75.0 Å². The van der Waals surface area contributed by atoms with E-state index in [1.54, 1.807) is 11.9 Å². The maximum absolute atomic E-state index is 12.1. The van der Waals surface area contributed by atoms with E-state index in [9.17, 15) is 4.79 Å². The number of carbonyl (C=O) groups excluding carboxylic acids is 1. The number of hydrogen-bond donors (Lipinski definition) is 2. The average Bonchev–Trinajstić information content (AvgIpc) is 2.77. The number of rotatable bonds is 3. The fraction of sp³-hybridized carbons (Fsp3) is 0.167. The Kier molecular flexibility index (Phi) is 3.66. The Labute approximate surface area is 113 Å². The predicted octanol–water partition coefficient (Wildman–Crippen LogP) is 2.03. The summed E-state index contributed by atoms with van der Waals surface area (Å²) in [5.74, 6) is -0.173. The molecule has 1 aromatic carbocycles. The molecule has 0 aliphatic heterocycles. The summed E-state index contributed by atoms with van der Waals surface area (Å²) in [6.07, 6.45) is 1.43. The molecule has 0 aliphatic rings. The molecule has 6 heteroatoms. The lowest BCUT2D eigenvalue weighted by atomic mass is 10.2. The number of benzene rings is 1. The van der Waals surface area contributed by atoms with Gasteiger partial charge in [-0.05, 0) is 17.7 Å². The van der Waals surface area contributed by atoms with E-state index in [2.05, 4.69) is 26.1 Å². The van der Waals surface area contributed by atoms with Crippen LogP contribution in [0.2, 0.25) is 0 Å². The lowest BCUT2D eigenvalue weighted by molar-refractivity contribution is 0.0780. The summed E-state index contributed by atoms with van der Waals surface area (Å²) in [7, 11) is 1.73. The first-order valence-corrected chi connectivity index (χ1v) is 6.16. The van der Waals surface area contributed by atoms with Gasteiger partial charge in [0.1, 0.15) is 5.69 Å². The molecule has 0 radical (unpaired) electrons. The fourth-order valence-corrected chi connectivity index (χ4v) is 1.86. The van der Waals surface area contributed by atoms with E-state index in [0.29, 0.717) is 17.9 Å². The molecule has 1 amide bonds. The summed E-state index contributed by atoms with van der Waals surface area (Å²) < 4.78 is 1.01. The maximum atomic E-state index is 12.1. The van der Waals surface area contributed by atoms with Gasteiger partial charge in [-0.1, -0.05) is 28.1 Å². The maximum Gasteiger partial charge on any atom is 0.274 e. The molecule has 0 saturated heterocycles. The molecule has 0 atom stereocenters. The highest BCUT2D eigenvalue weighted by atomic mass is 79.9. The molecule has 0 fully saturated rings. The van der Waals surface area contributed by atoms with E-state index in [-0.39, 0.29) is 5.91 Å². The third kappa shape index (κ3) is 2.70. The van der Waals surface area contributed by atoms with Crippen molar-refractivity contribution in [1.29, 1.82) is 0 Å². The van der Waals surface area contributed by atoms with E-state index in [4.69, 9.17) is 5.73 Å². The lowest BCUT2D eigenvalue weighted by Crippen LogP contribution is -2.27. The van der Waals surface area contributed by atoms with Crippen LogP contribution in [-0.4, -0.2) is 28.1 Å². The number of aromatic nitrogens is 2. The Morgan fingerprint density at radius 2 is 2.11 bits per heavy atom. The molecule has 0 saturated carbocycles. The van der Waals surface area contributed by atoms with Gasteiger partial charge in [0.05, 0.1) is 11.9 Å². The van der Waals surface area contributed by atoms with Crippen molar-refractivity contribution in [2.24, 2.45) is 0 Å². The number of nitrogens with zero attached hydrogens (tertiary/aromatic N) is 2. The molecule has 0 bridgehead atoms. The molecule has 1 heterocycles. The van der Waals surface area contributed by atoms with E-state index >= 15 is 0 Å². The highest BCUT2D eigenvalue weighted by molar-refractivity contribution is 9.10. The summed E-state index contributed by atoms with van der Waals surface area (Å²) >= 11 is 3.37. The minimum atomic E-state index is -0.173. The number of nitrogens with two attached hydrogens (primary N) is 1. The largest absolute Gasteiger partial charge is 0.396 e. The molecule has 94 valence electrons. The van der Waals surface area contributed by atoms with Crippen LogP contribution in [0.5, 0.6) is 0 Å². The zero-order chi connectivity index (χ0) is 13.1. The Bertz CT molecular complexity index is 549. The van der Waals surface area contributed by atoms with Crippen molar-refractivity contribution in [3.05, 3.63) is 46.2 Å². The number of amides is 1. The van der Waals surface area contributed by atoms with Gasteiger partial charge >= 0.3 is 0 Å². The van der Waals surface area contributed by atoms with Gasteiger partial charge < -0.3 is 10.6 Å². The second kappa shape index (κ2) is 5.22. The molecule has 0 spiro atoms. The predicted molar refractivity (Wildman–Crippen MR) is 72.9 cm³/mol. The Hall–Kier alpha value is -1.82. The summed E-state index contributed by atoms with van der Waals surface area (Å²) in [5, 5.41) is 6.35. The van der Waals surface area contributed by atoms with Gasteiger partial charge in [-0.25, -0.2) is 0 Å². The van der Waals surface area contributed by atoms with Gasteiger partial charge in [-0.15, -0.1) is 0 Å². The number of hydrogen-bond acceptors (Lipinski definition) is 3. The summed E-state index contributed by atoms with van der Waals surface area (Å²) in [4.78, 5) is 13.7. The number of nitrogens with one attached hydrogen (secondary N) is 1. The summed E-state index contributed by atoms with van der Waals surface area (Å²) in [6, 6.07) is 7.81. The molecule has 0 aliphatic carbocycles. The molecule has 0 unspecified atom stereocenters. The van der Waals surface area contributed by atoms with Crippen LogP contribution >= 0.6 is 15.9 Å². The second-order valence-electron chi connectivity index (χ2n) is 3.99. The first kappa shape index (κ1) is 12.6. The van der Waals surface area contributed by atoms with Crippen molar-refractivity contribution < 1.29 is 4.79 Å². The number of nitrogen functional groups attached to an aromatic ring is 1. The fourth-order valence-electron chi connectivity index (χ4n) is 1.59. The highest BCUT2D eigenvalue weighted by Crippen LogP contribution is 2.14. The van der Waals surface area contributed by atoms with Gasteiger partial charge in [0.15, 0.2) is 0 Å². The van der Waals surface area contributed by atoms with E-state index in [1.165, 1.54) is 6.20 Å². The summed E-state index contributed by atoms with van der Waals surface area (Å²) in [6.45, 7) is 0.518. The van der Waals surface area contributed by atoms with Crippen LogP contribution in [0.15, 0.2) is 34.9 Å². The van der Waals surface area contributed by atoms with E-state index in [1.807, 2.05) is 24.3 Å². The number of aromatic amines is 1.